The van der Waals surface area contributed by atoms with Crippen molar-refractivity contribution in [3.63, 3.8) is 0 Å². The topological polar surface area (TPSA) is 0 Å². The minimum Gasteiger partial charge on any atom is -0.394 e. The zero-order valence-corrected chi connectivity index (χ0v) is 4.43. The third-order valence-corrected chi connectivity index (χ3v) is 0.111. The van der Waals surface area contributed by atoms with Crippen LogP contribution in [0.3, 0.4) is 0 Å². The van der Waals surface area contributed by atoms with E-state index in [0.717, 1.165) is 0 Å². The third-order valence-electron chi connectivity index (χ3n) is 0.111. The Morgan fingerprint density at radius 2 is 1.20 bits per heavy atom. The van der Waals surface area contributed by atoms with Crippen molar-refractivity contribution < 1.29 is 0 Å². The molecule has 0 aliphatic carbocycles. The molecule has 0 nitrogen and oxygen atoms in total. The van der Waals surface area contributed by atoms with E-state index in [2.05, 4.69) is 0 Å². The monoisotopic (exact) mass is 76.0 g/mol. The average molecular weight is 76.4 g/mol. The van der Waals surface area contributed by atoms with Crippen molar-refractivity contribution in [2.24, 2.45) is 0 Å². The van der Waals surface area contributed by atoms with E-state index in [-0.39, 0.29) is 23.1 Å². The van der Waals surface area contributed by atoms with Crippen LogP contribution in [-0.2, 0) is 0 Å². The van der Waals surface area contributed by atoms with Gasteiger partial charge in [0.1, 0.15) is 0 Å². The molecule has 0 N–H and O–H groups in total. The van der Waals surface area contributed by atoms with Gasteiger partial charge in [-0.15, -0.1) is 0 Å². The number of allylic oxidation sites excluding steroid dienone is 2. The van der Waals surface area contributed by atoms with Crippen molar-refractivity contribution in [3.8, 4) is 0 Å². The minimum atomic E-state index is 0. The van der Waals surface area contributed by atoms with Crippen molar-refractivity contribution in [2.45, 2.75) is 0 Å². The molecule has 0 fully saturated rings. The molecule has 0 aromatic rings. The minimum absolute atomic E-state index is 0. The zero-order chi connectivity index (χ0) is 3.41. The molecule has 5 heavy (non-hydrogen) atoms. The van der Waals surface area contributed by atoms with Crippen LogP contribution < -0.4 is 0 Å². The van der Waals surface area contributed by atoms with Gasteiger partial charge in [0.15, 0.2) is 0 Å². The second-order valence-electron chi connectivity index (χ2n) is 0.385. The fourth-order valence-corrected chi connectivity index (χ4v) is 0. The Kier molecular flexibility index (Phi) is 15.9. The second kappa shape index (κ2) is 8.87. The summed E-state index contributed by atoms with van der Waals surface area (Å²) < 4.78 is 0. The first kappa shape index (κ1) is 8.98. The molecule has 0 radical (unpaired) electrons. The molecular weight excluding hydrogens is 72.3 g/mol. The summed E-state index contributed by atoms with van der Waals surface area (Å²) in [7, 11) is 0. The predicted octanol–water partition coefficient (Wildman–Crippen LogP) is 0.584. The van der Waals surface area contributed by atoms with Crippen LogP contribution in [0.2, 0.25) is 0 Å². The molecule has 0 rings (SSSR count). The summed E-state index contributed by atoms with van der Waals surface area (Å²) >= 11 is 0. The quantitative estimate of drug-likeness (QED) is 0.243. The van der Waals surface area contributed by atoms with Crippen molar-refractivity contribution in [1.82, 2.24) is 0 Å². The Morgan fingerprint density at radius 1 is 1.00 bits per heavy atom. The van der Waals surface area contributed by atoms with Gasteiger partial charge in [0.2, 0.25) is 0 Å². The van der Waals surface area contributed by atoms with Gasteiger partial charge in [-0.3, -0.25) is 0 Å². The number of hydrogen-bond donors (Lipinski definition) is 0. The van der Waals surface area contributed by atoms with E-state index in [1.165, 1.54) is 12.2 Å². The number of hydrogen-bond acceptors (Lipinski definition) is 0. The molecule has 22 valence electrons. The van der Waals surface area contributed by atoms with E-state index in [1.54, 1.807) is 0 Å². The van der Waals surface area contributed by atoms with Crippen LogP contribution in [0.25, 0.3) is 0 Å². The zero-order valence-electron chi connectivity index (χ0n) is 3.02. The van der Waals surface area contributed by atoms with Gasteiger partial charge in [0.05, 0.1) is 0 Å². The fourth-order valence-electron chi connectivity index (χ4n) is 0. The Hall–Kier alpha value is 0.246. The molecule has 1 heteroatoms. The average Bonchev–Trinajstić information content (AvgIpc) is 1.37. The molecule has 0 amide bonds. The van der Waals surface area contributed by atoms with Crippen molar-refractivity contribution in [3.05, 3.63) is 25.3 Å². The Balaban J connectivity index is 0. The van der Waals surface area contributed by atoms with Gasteiger partial charge in [-0.25, -0.2) is 0 Å². The van der Waals surface area contributed by atoms with Gasteiger partial charge in [0, 0.05) is 0 Å². The molecule has 0 atom stereocenters. The maximum Gasteiger partial charge on any atom is 2.00 e. The Morgan fingerprint density at radius 3 is 1.20 bits per heavy atom. The molecule has 0 saturated carbocycles. The van der Waals surface area contributed by atoms with Gasteiger partial charge >= 0.3 is 23.1 Å². The van der Waals surface area contributed by atoms with E-state index >= 15 is 0 Å². The molecule has 0 bridgehead atoms. The van der Waals surface area contributed by atoms with Crippen LogP contribution in [-0.4, -0.2) is 23.1 Å². The molecule has 0 saturated heterocycles. The predicted molar refractivity (Wildman–Crippen MR) is 23.5 cm³/mol. The van der Waals surface area contributed by atoms with Crippen molar-refractivity contribution >= 4 is 23.1 Å². The summed E-state index contributed by atoms with van der Waals surface area (Å²) in [6.45, 7) is 9.44. The van der Waals surface area contributed by atoms with Gasteiger partial charge < -0.3 is 25.3 Å². The van der Waals surface area contributed by atoms with E-state index in [1.807, 2.05) is 0 Å². The normalized spacial score (nSPS) is 4.00. The van der Waals surface area contributed by atoms with Gasteiger partial charge in [-0.2, -0.15) is 0 Å². The van der Waals surface area contributed by atoms with Crippen LogP contribution in [0, 0.1) is 13.2 Å². The van der Waals surface area contributed by atoms with E-state index in [9.17, 15) is 0 Å². The summed E-state index contributed by atoms with van der Waals surface area (Å²) in [6, 6.07) is 0. The molecule has 0 aliphatic rings. The molecule has 0 heterocycles. The molecule has 0 aromatic heterocycles. The molecule has 0 aliphatic heterocycles. The smallest absolute Gasteiger partial charge is 0.394 e. The first-order valence-electron chi connectivity index (χ1n) is 1.00. The fraction of sp³-hybridized carbons (Fsp3) is 0. The summed E-state index contributed by atoms with van der Waals surface area (Å²) in [6.07, 6.45) is 2.56. The van der Waals surface area contributed by atoms with Crippen LogP contribution in [0.1, 0.15) is 0 Å². The first-order chi connectivity index (χ1) is 1.91. The van der Waals surface area contributed by atoms with Gasteiger partial charge in [-0.1, -0.05) is 0 Å². The Labute approximate surface area is 48.7 Å². The van der Waals surface area contributed by atoms with Gasteiger partial charge in [0.25, 0.3) is 0 Å². The maximum absolute atomic E-state index is 4.72. The van der Waals surface area contributed by atoms with E-state index in [4.69, 9.17) is 13.2 Å². The molecule has 0 aromatic carbocycles. The Bertz CT molecular complexity index is 24.6. The summed E-state index contributed by atoms with van der Waals surface area (Å²) in [5.74, 6) is 0. The van der Waals surface area contributed by atoms with Crippen LogP contribution >= 0.6 is 0 Å². The first-order valence-corrected chi connectivity index (χ1v) is 1.00. The maximum atomic E-state index is 4.72. The van der Waals surface area contributed by atoms with Gasteiger partial charge in [-0.05, 0) is 0 Å². The molecular formula is C4H4Mg. The molecule has 0 unspecified atom stereocenters. The number of rotatable bonds is 1. The summed E-state index contributed by atoms with van der Waals surface area (Å²) in [5, 5.41) is 0. The van der Waals surface area contributed by atoms with Crippen LogP contribution in [0.5, 0.6) is 0 Å². The van der Waals surface area contributed by atoms with E-state index in [0.29, 0.717) is 0 Å². The standard InChI is InChI=1S/C4H4.Mg/c1-3-4-2;/h1-4H;/q-2;+2. The van der Waals surface area contributed by atoms with Crippen molar-refractivity contribution in [2.75, 3.05) is 0 Å². The van der Waals surface area contributed by atoms with Crippen LogP contribution in [0.15, 0.2) is 12.2 Å². The second-order valence-corrected chi connectivity index (χ2v) is 0.385. The SMILES string of the molecule is [CH-]=CC=[CH-].[Mg+2]. The third kappa shape index (κ3) is 13.8. The molecule has 0 spiro atoms. The summed E-state index contributed by atoms with van der Waals surface area (Å²) in [5.41, 5.74) is 0. The largest absolute Gasteiger partial charge is 2.00 e. The summed E-state index contributed by atoms with van der Waals surface area (Å²) in [4.78, 5) is 0. The van der Waals surface area contributed by atoms with Crippen LogP contribution in [0.4, 0.5) is 0 Å². The van der Waals surface area contributed by atoms with Crippen molar-refractivity contribution in [1.29, 1.82) is 0 Å². The van der Waals surface area contributed by atoms with E-state index < -0.39 is 0 Å².